The molecule has 30 heavy (non-hydrogen) atoms. The van der Waals surface area contributed by atoms with Crippen LogP contribution in [0, 0.1) is 11.6 Å². The number of fused-ring (bicyclic) bond motifs is 1. The topological polar surface area (TPSA) is 29.9 Å². The van der Waals surface area contributed by atoms with Gasteiger partial charge in [0.1, 0.15) is 11.6 Å². The minimum Gasteiger partial charge on any atom is -0.343 e. The summed E-state index contributed by atoms with van der Waals surface area (Å²) in [5.74, 6) is -0.490. The molecule has 0 saturated heterocycles. The van der Waals surface area contributed by atoms with Crippen molar-refractivity contribution >= 4 is 33.1 Å². The van der Waals surface area contributed by atoms with E-state index in [2.05, 4.69) is 33.1 Å². The lowest BCUT2D eigenvalue weighted by atomic mass is 10.2. The van der Waals surface area contributed by atoms with Gasteiger partial charge in [-0.25, -0.2) is 13.8 Å². The van der Waals surface area contributed by atoms with E-state index in [1.807, 2.05) is 17.6 Å². The quantitative estimate of drug-likeness (QED) is 0.339. The van der Waals surface area contributed by atoms with Crippen LogP contribution in [0.3, 0.4) is 0 Å². The molecule has 6 heteroatoms. The molecule has 0 aliphatic carbocycles. The van der Waals surface area contributed by atoms with E-state index in [0.29, 0.717) is 6.54 Å². The summed E-state index contributed by atoms with van der Waals surface area (Å²) in [6.45, 7) is 0.666. The zero-order valence-corrected chi connectivity index (χ0v) is 16.7. The number of thiazole rings is 1. The second-order valence-corrected chi connectivity index (χ2v) is 7.87. The van der Waals surface area contributed by atoms with Crippen molar-refractivity contribution in [2.24, 2.45) is 0 Å². The number of nitrogens with zero attached hydrogens (tertiary/aromatic N) is 2. The van der Waals surface area contributed by atoms with Gasteiger partial charge in [0.15, 0.2) is 5.13 Å². The van der Waals surface area contributed by atoms with Crippen LogP contribution in [0.5, 0.6) is 0 Å². The molecular weight excluding hydrogens is 400 g/mol. The van der Waals surface area contributed by atoms with Crippen LogP contribution in [0.15, 0.2) is 84.4 Å². The Morgan fingerprint density at radius 3 is 2.37 bits per heavy atom. The van der Waals surface area contributed by atoms with Crippen LogP contribution in [0.25, 0.3) is 22.2 Å². The highest BCUT2D eigenvalue weighted by molar-refractivity contribution is 7.14. The number of nitrogens with one attached hydrogen (secondary N) is 1. The van der Waals surface area contributed by atoms with E-state index < -0.39 is 0 Å². The van der Waals surface area contributed by atoms with Crippen molar-refractivity contribution in [2.75, 3.05) is 5.32 Å². The molecule has 0 radical (unpaired) electrons. The van der Waals surface area contributed by atoms with Crippen LogP contribution in [0.4, 0.5) is 19.6 Å². The molecule has 0 spiro atoms. The molecule has 0 unspecified atom stereocenters. The number of benzene rings is 3. The average molecular weight is 417 g/mol. The first-order valence-electron chi connectivity index (χ1n) is 9.46. The van der Waals surface area contributed by atoms with Gasteiger partial charge in [-0.1, -0.05) is 18.2 Å². The second kappa shape index (κ2) is 7.72. The van der Waals surface area contributed by atoms with Crippen LogP contribution in [-0.2, 0) is 6.54 Å². The Morgan fingerprint density at radius 1 is 0.867 bits per heavy atom. The van der Waals surface area contributed by atoms with Gasteiger partial charge in [0.05, 0.1) is 11.2 Å². The molecule has 2 aromatic heterocycles. The van der Waals surface area contributed by atoms with Crippen LogP contribution in [0.1, 0.15) is 5.56 Å². The minimum atomic E-state index is -0.260. The summed E-state index contributed by atoms with van der Waals surface area (Å²) in [6, 6.07) is 21.1. The van der Waals surface area contributed by atoms with Crippen LogP contribution < -0.4 is 5.32 Å². The summed E-state index contributed by atoms with van der Waals surface area (Å²) in [4.78, 5) is 4.61. The van der Waals surface area contributed by atoms with Crippen LogP contribution in [-0.4, -0.2) is 9.55 Å². The van der Waals surface area contributed by atoms with E-state index in [-0.39, 0.29) is 11.6 Å². The number of hydrogen-bond acceptors (Lipinski definition) is 3. The van der Waals surface area contributed by atoms with E-state index in [4.69, 9.17) is 0 Å². The van der Waals surface area contributed by atoms with E-state index in [1.54, 1.807) is 24.3 Å². The van der Waals surface area contributed by atoms with Crippen molar-refractivity contribution in [1.29, 1.82) is 0 Å². The fourth-order valence-electron chi connectivity index (χ4n) is 3.39. The third kappa shape index (κ3) is 3.82. The summed E-state index contributed by atoms with van der Waals surface area (Å²) < 4.78 is 28.4. The van der Waals surface area contributed by atoms with Gasteiger partial charge in [-0.3, -0.25) is 0 Å². The Labute approximate surface area is 176 Å². The van der Waals surface area contributed by atoms with Crippen molar-refractivity contribution < 1.29 is 8.78 Å². The number of halogens is 2. The van der Waals surface area contributed by atoms with Crippen molar-refractivity contribution in [3.8, 4) is 11.3 Å². The molecule has 0 bridgehead atoms. The molecule has 0 aliphatic rings. The smallest absolute Gasteiger partial charge is 0.187 e. The zero-order valence-electron chi connectivity index (χ0n) is 15.8. The Bertz CT molecular complexity index is 1300. The minimum absolute atomic E-state index is 0.231. The first-order chi connectivity index (χ1) is 14.6. The maximum atomic E-state index is 13.2. The highest BCUT2D eigenvalue weighted by atomic mass is 32.1. The molecule has 1 N–H and O–H groups in total. The maximum Gasteiger partial charge on any atom is 0.187 e. The average Bonchev–Trinajstić information content (AvgIpc) is 3.38. The first-order valence-corrected chi connectivity index (χ1v) is 10.3. The van der Waals surface area contributed by atoms with E-state index in [9.17, 15) is 8.78 Å². The monoisotopic (exact) mass is 417 g/mol. The Morgan fingerprint density at radius 2 is 1.60 bits per heavy atom. The second-order valence-electron chi connectivity index (χ2n) is 7.01. The van der Waals surface area contributed by atoms with Crippen LogP contribution in [0.2, 0.25) is 0 Å². The molecule has 0 amide bonds. The number of anilines is 2. The van der Waals surface area contributed by atoms with Gasteiger partial charge < -0.3 is 9.88 Å². The Kier molecular flexibility index (Phi) is 4.77. The van der Waals surface area contributed by atoms with Gasteiger partial charge in [-0.2, -0.15) is 0 Å². The molecule has 0 saturated carbocycles. The van der Waals surface area contributed by atoms with Crippen molar-refractivity contribution in [2.45, 2.75) is 6.54 Å². The predicted molar refractivity (Wildman–Crippen MR) is 118 cm³/mol. The van der Waals surface area contributed by atoms with E-state index >= 15 is 0 Å². The van der Waals surface area contributed by atoms with Gasteiger partial charge in [0, 0.05) is 29.4 Å². The highest BCUT2D eigenvalue weighted by Gasteiger charge is 2.08. The third-order valence-corrected chi connectivity index (χ3v) is 5.69. The van der Waals surface area contributed by atoms with E-state index in [0.717, 1.165) is 38.5 Å². The maximum absolute atomic E-state index is 13.2. The normalized spacial score (nSPS) is 11.1. The molecule has 2 heterocycles. The number of hydrogen-bond donors (Lipinski definition) is 1. The van der Waals surface area contributed by atoms with Gasteiger partial charge in [-0.15, -0.1) is 11.3 Å². The Hall–Kier alpha value is -3.51. The van der Waals surface area contributed by atoms with Crippen molar-refractivity contribution in [1.82, 2.24) is 9.55 Å². The van der Waals surface area contributed by atoms with Gasteiger partial charge in [0.2, 0.25) is 0 Å². The molecule has 148 valence electrons. The number of aromatic nitrogens is 2. The standard InChI is InChI=1S/C24H17F2N3S/c25-19-6-1-16(2-7-19)14-29-12-11-18-5-10-21(13-23(18)29)27-24-28-22(15-30-24)17-3-8-20(26)9-4-17/h1-13,15H,14H2,(H,27,28). The summed E-state index contributed by atoms with van der Waals surface area (Å²) in [5.41, 5.74) is 4.74. The molecule has 0 atom stereocenters. The van der Waals surface area contributed by atoms with Gasteiger partial charge in [-0.05, 0) is 65.5 Å². The summed E-state index contributed by atoms with van der Waals surface area (Å²) >= 11 is 1.50. The molecule has 5 rings (SSSR count). The molecular formula is C24H17F2N3S. The molecule has 3 aromatic carbocycles. The van der Waals surface area contributed by atoms with Crippen molar-refractivity contribution in [3.05, 3.63) is 102 Å². The summed E-state index contributed by atoms with van der Waals surface area (Å²) in [5, 5.41) is 7.21. The lowest BCUT2D eigenvalue weighted by Crippen LogP contribution is -1.98. The third-order valence-electron chi connectivity index (χ3n) is 4.94. The predicted octanol–water partition coefficient (Wildman–Crippen LogP) is 6.83. The molecule has 0 aliphatic heterocycles. The van der Waals surface area contributed by atoms with Gasteiger partial charge >= 0.3 is 0 Å². The lowest BCUT2D eigenvalue weighted by Gasteiger charge is -2.08. The van der Waals surface area contributed by atoms with Crippen LogP contribution >= 0.6 is 11.3 Å². The highest BCUT2D eigenvalue weighted by Crippen LogP contribution is 2.29. The number of rotatable bonds is 5. The molecule has 3 nitrogen and oxygen atoms in total. The lowest BCUT2D eigenvalue weighted by molar-refractivity contribution is 0.626. The summed E-state index contributed by atoms with van der Waals surface area (Å²) in [7, 11) is 0. The van der Waals surface area contributed by atoms with Crippen molar-refractivity contribution in [3.63, 3.8) is 0 Å². The largest absolute Gasteiger partial charge is 0.343 e. The SMILES string of the molecule is Fc1ccc(Cn2ccc3ccc(Nc4nc(-c5ccc(F)cc5)cs4)cc32)cc1. The fraction of sp³-hybridized carbons (Fsp3) is 0.0417. The molecule has 0 fully saturated rings. The van der Waals surface area contributed by atoms with E-state index in [1.165, 1.54) is 35.6 Å². The molecule has 5 aromatic rings. The fourth-order valence-corrected chi connectivity index (χ4v) is 4.13. The Balaban J connectivity index is 1.39. The van der Waals surface area contributed by atoms with Gasteiger partial charge in [0.25, 0.3) is 0 Å². The zero-order chi connectivity index (χ0) is 20.5. The summed E-state index contributed by atoms with van der Waals surface area (Å²) in [6.07, 6.45) is 2.04. The first kappa shape index (κ1) is 18.5.